The van der Waals surface area contributed by atoms with Crippen molar-refractivity contribution in [3.63, 3.8) is 0 Å². The molecule has 0 bridgehead atoms. The summed E-state index contributed by atoms with van der Waals surface area (Å²) in [6.45, 7) is -0.275. The predicted molar refractivity (Wildman–Crippen MR) is 70.5 cm³/mol. The van der Waals surface area contributed by atoms with Crippen LogP contribution in [0.3, 0.4) is 0 Å². The molecule has 0 aliphatic heterocycles. The summed E-state index contributed by atoms with van der Waals surface area (Å²) in [6, 6.07) is 2.70. The Balaban J connectivity index is 2.53. The molecule has 0 radical (unpaired) electrons. The number of hydrogen-bond acceptors (Lipinski definition) is 4. The van der Waals surface area contributed by atoms with E-state index in [1.807, 2.05) is 0 Å². The standard InChI is InChI=1S/C13H12F2N2O2S/c14-9-1-8(2-10(15)3-9)13(6-16,12(18)19)4-11-5-17-7-20-11/h1-3,5,7H,4,6,16H2,(H,18,19). The lowest BCUT2D eigenvalue weighted by molar-refractivity contribution is -0.143. The van der Waals surface area contributed by atoms with Gasteiger partial charge in [0.25, 0.3) is 0 Å². The zero-order valence-electron chi connectivity index (χ0n) is 10.3. The van der Waals surface area contributed by atoms with Gasteiger partial charge in [0.2, 0.25) is 0 Å². The lowest BCUT2D eigenvalue weighted by atomic mass is 9.77. The summed E-state index contributed by atoms with van der Waals surface area (Å²) in [5.41, 5.74) is 5.61. The van der Waals surface area contributed by atoms with Crippen LogP contribution < -0.4 is 5.73 Å². The molecule has 0 spiro atoms. The first-order valence-corrected chi connectivity index (χ1v) is 6.63. The smallest absolute Gasteiger partial charge is 0.315 e. The Morgan fingerprint density at radius 3 is 2.45 bits per heavy atom. The zero-order valence-corrected chi connectivity index (χ0v) is 11.2. The van der Waals surface area contributed by atoms with Crippen LogP contribution in [0, 0.1) is 11.6 Å². The van der Waals surface area contributed by atoms with Crippen LogP contribution in [0.5, 0.6) is 0 Å². The maximum Gasteiger partial charge on any atom is 0.315 e. The molecule has 1 heterocycles. The van der Waals surface area contributed by atoms with Crippen molar-refractivity contribution in [3.05, 3.63) is 52.0 Å². The van der Waals surface area contributed by atoms with E-state index in [1.54, 1.807) is 5.51 Å². The average Bonchev–Trinajstić information content (AvgIpc) is 2.87. The molecule has 20 heavy (non-hydrogen) atoms. The molecule has 0 fully saturated rings. The molecule has 2 rings (SSSR count). The molecular weight excluding hydrogens is 286 g/mol. The minimum Gasteiger partial charge on any atom is -0.481 e. The van der Waals surface area contributed by atoms with Gasteiger partial charge in [-0.2, -0.15) is 0 Å². The summed E-state index contributed by atoms with van der Waals surface area (Å²) < 4.78 is 26.7. The van der Waals surface area contributed by atoms with E-state index < -0.39 is 23.0 Å². The van der Waals surface area contributed by atoms with Gasteiger partial charge in [-0.1, -0.05) is 0 Å². The number of halogens is 2. The van der Waals surface area contributed by atoms with Crippen LogP contribution in [0.4, 0.5) is 8.78 Å². The summed E-state index contributed by atoms with van der Waals surface area (Å²) in [6.07, 6.45) is 1.56. The fourth-order valence-electron chi connectivity index (χ4n) is 2.04. The Kier molecular flexibility index (Phi) is 4.10. The highest BCUT2D eigenvalue weighted by atomic mass is 32.1. The van der Waals surface area contributed by atoms with Crippen molar-refractivity contribution in [2.45, 2.75) is 11.8 Å². The molecule has 3 N–H and O–H groups in total. The molecule has 0 amide bonds. The highest BCUT2D eigenvalue weighted by Gasteiger charge is 2.40. The second-order valence-electron chi connectivity index (χ2n) is 4.39. The quantitative estimate of drug-likeness (QED) is 0.884. The van der Waals surface area contributed by atoms with Crippen molar-refractivity contribution >= 4 is 17.3 Å². The number of aliphatic carboxylic acids is 1. The minimum atomic E-state index is -1.57. The van der Waals surface area contributed by atoms with E-state index in [1.165, 1.54) is 17.5 Å². The van der Waals surface area contributed by atoms with Crippen molar-refractivity contribution in [1.82, 2.24) is 4.98 Å². The lowest BCUT2D eigenvalue weighted by Crippen LogP contribution is -2.45. The molecule has 2 aromatic rings. The largest absolute Gasteiger partial charge is 0.481 e. The molecule has 0 saturated carbocycles. The fourth-order valence-corrected chi connectivity index (χ4v) is 2.74. The Hall–Kier alpha value is -1.86. The minimum absolute atomic E-state index is 0.0124. The second-order valence-corrected chi connectivity index (χ2v) is 5.36. The third-order valence-corrected chi connectivity index (χ3v) is 3.91. The van der Waals surface area contributed by atoms with Crippen LogP contribution in [0.2, 0.25) is 0 Å². The van der Waals surface area contributed by atoms with E-state index in [9.17, 15) is 18.7 Å². The number of carbonyl (C=O) groups is 1. The first-order chi connectivity index (χ1) is 9.48. The molecule has 1 aromatic heterocycles. The van der Waals surface area contributed by atoms with Crippen LogP contribution in [0.25, 0.3) is 0 Å². The van der Waals surface area contributed by atoms with Crippen LogP contribution in [-0.2, 0) is 16.6 Å². The fraction of sp³-hybridized carbons (Fsp3) is 0.231. The van der Waals surface area contributed by atoms with Gasteiger partial charge >= 0.3 is 5.97 Å². The number of benzene rings is 1. The predicted octanol–water partition coefficient (Wildman–Crippen LogP) is 1.95. The third kappa shape index (κ3) is 2.68. The molecule has 7 heteroatoms. The van der Waals surface area contributed by atoms with E-state index in [2.05, 4.69) is 4.98 Å². The van der Waals surface area contributed by atoms with E-state index in [0.717, 1.165) is 12.1 Å². The summed E-state index contributed by atoms with van der Waals surface area (Å²) >= 11 is 1.27. The SMILES string of the molecule is NCC(Cc1cncs1)(C(=O)O)c1cc(F)cc(F)c1. The maximum absolute atomic E-state index is 13.4. The number of nitrogens with two attached hydrogens (primary N) is 1. The van der Waals surface area contributed by atoms with E-state index in [0.29, 0.717) is 10.9 Å². The molecule has 1 atom stereocenters. The van der Waals surface area contributed by atoms with Crippen molar-refractivity contribution in [2.24, 2.45) is 5.73 Å². The number of hydrogen-bond donors (Lipinski definition) is 2. The highest BCUT2D eigenvalue weighted by molar-refractivity contribution is 7.09. The first-order valence-electron chi connectivity index (χ1n) is 5.75. The molecule has 4 nitrogen and oxygen atoms in total. The number of carboxylic acids is 1. The van der Waals surface area contributed by atoms with Crippen molar-refractivity contribution in [2.75, 3.05) is 6.54 Å². The number of nitrogens with zero attached hydrogens (tertiary/aromatic N) is 1. The average molecular weight is 298 g/mol. The number of rotatable bonds is 5. The van der Waals surface area contributed by atoms with Crippen LogP contribution >= 0.6 is 11.3 Å². The maximum atomic E-state index is 13.4. The van der Waals surface area contributed by atoms with Crippen LogP contribution in [0.1, 0.15) is 10.4 Å². The van der Waals surface area contributed by atoms with Gasteiger partial charge in [-0.15, -0.1) is 11.3 Å². The topological polar surface area (TPSA) is 76.2 Å². The Morgan fingerprint density at radius 1 is 1.35 bits per heavy atom. The second kappa shape index (κ2) is 5.64. The number of thiazole rings is 1. The Labute approximate surface area is 117 Å². The first kappa shape index (κ1) is 14.5. The summed E-state index contributed by atoms with van der Waals surface area (Å²) in [7, 11) is 0. The van der Waals surface area contributed by atoms with Gasteiger partial charge in [-0.3, -0.25) is 9.78 Å². The summed E-state index contributed by atoms with van der Waals surface area (Å²) in [4.78, 5) is 16.2. The van der Waals surface area contributed by atoms with E-state index in [4.69, 9.17) is 5.73 Å². The van der Waals surface area contributed by atoms with E-state index >= 15 is 0 Å². The molecular formula is C13H12F2N2O2S. The third-order valence-electron chi connectivity index (χ3n) is 3.13. The van der Waals surface area contributed by atoms with Gasteiger partial charge in [0, 0.05) is 30.1 Å². The van der Waals surface area contributed by atoms with Crippen LogP contribution in [0.15, 0.2) is 29.9 Å². The van der Waals surface area contributed by atoms with Gasteiger partial charge in [-0.25, -0.2) is 8.78 Å². The summed E-state index contributed by atoms with van der Waals surface area (Å²) in [5.74, 6) is -2.88. The van der Waals surface area contributed by atoms with Gasteiger partial charge in [0.15, 0.2) is 0 Å². The van der Waals surface area contributed by atoms with E-state index in [-0.39, 0.29) is 18.5 Å². The monoisotopic (exact) mass is 298 g/mol. The molecule has 0 aliphatic rings. The van der Waals surface area contributed by atoms with Gasteiger partial charge in [-0.05, 0) is 17.7 Å². The van der Waals surface area contributed by atoms with Gasteiger partial charge in [0.05, 0.1) is 5.51 Å². The molecule has 1 aromatic carbocycles. The molecule has 0 saturated heterocycles. The Morgan fingerprint density at radius 2 is 2.00 bits per heavy atom. The summed E-state index contributed by atoms with van der Waals surface area (Å²) in [5, 5.41) is 9.52. The number of carboxylic acid groups (broad SMARTS) is 1. The molecule has 106 valence electrons. The Bertz CT molecular complexity index is 599. The van der Waals surface area contributed by atoms with Gasteiger partial charge in [0.1, 0.15) is 17.0 Å². The van der Waals surface area contributed by atoms with Crippen LogP contribution in [-0.4, -0.2) is 22.6 Å². The number of aromatic nitrogens is 1. The zero-order chi connectivity index (χ0) is 14.8. The molecule has 0 aliphatic carbocycles. The van der Waals surface area contributed by atoms with Crippen molar-refractivity contribution < 1.29 is 18.7 Å². The van der Waals surface area contributed by atoms with Crippen molar-refractivity contribution in [3.8, 4) is 0 Å². The van der Waals surface area contributed by atoms with Gasteiger partial charge < -0.3 is 10.8 Å². The highest BCUT2D eigenvalue weighted by Crippen LogP contribution is 2.30. The molecule has 1 unspecified atom stereocenters. The van der Waals surface area contributed by atoms with Crippen molar-refractivity contribution in [1.29, 1.82) is 0 Å². The lowest BCUT2D eigenvalue weighted by Gasteiger charge is -2.28. The normalized spacial score (nSPS) is 13.9.